The molecule has 0 saturated carbocycles. The number of carboxylic acids is 1. The van der Waals surface area contributed by atoms with Gasteiger partial charge in [0.1, 0.15) is 11.3 Å². The third kappa shape index (κ3) is 2.95. The standard InChI is InChI=1S/C11H10O4/c1-2-5-10(12)15-9-7-4-3-6-8(9)11(13)14/h2-4,6-7H,1,5H2,(H,13,14). The Hall–Kier alpha value is -2.10. The molecule has 0 aliphatic rings. The van der Waals surface area contributed by atoms with Crippen LogP contribution in [0.4, 0.5) is 0 Å². The third-order valence-electron chi connectivity index (χ3n) is 1.65. The molecule has 0 aliphatic carbocycles. The summed E-state index contributed by atoms with van der Waals surface area (Å²) in [5.41, 5.74) is -0.0325. The molecule has 0 radical (unpaired) electrons. The fraction of sp³-hybridized carbons (Fsp3) is 0.0909. The molecule has 0 aromatic heterocycles. The van der Waals surface area contributed by atoms with Gasteiger partial charge in [0.15, 0.2) is 0 Å². The van der Waals surface area contributed by atoms with Gasteiger partial charge in [0.25, 0.3) is 0 Å². The first-order chi connectivity index (χ1) is 7.15. The summed E-state index contributed by atoms with van der Waals surface area (Å²) in [7, 11) is 0. The van der Waals surface area contributed by atoms with E-state index in [-0.39, 0.29) is 17.7 Å². The Bertz CT molecular complexity index is 395. The van der Waals surface area contributed by atoms with Crippen LogP contribution in [0.5, 0.6) is 5.75 Å². The SMILES string of the molecule is C=CCC(=O)Oc1ccccc1C(=O)O. The number of para-hydroxylation sites is 1. The van der Waals surface area contributed by atoms with E-state index in [1.54, 1.807) is 12.1 Å². The van der Waals surface area contributed by atoms with Crippen molar-refractivity contribution in [2.75, 3.05) is 0 Å². The summed E-state index contributed by atoms with van der Waals surface area (Å²) < 4.78 is 4.86. The molecule has 0 spiro atoms. The molecule has 4 heteroatoms. The second kappa shape index (κ2) is 4.95. The average molecular weight is 206 g/mol. The second-order valence-electron chi connectivity index (χ2n) is 2.77. The van der Waals surface area contributed by atoms with E-state index >= 15 is 0 Å². The smallest absolute Gasteiger partial charge is 0.339 e. The van der Waals surface area contributed by atoms with Crippen LogP contribution in [0, 0.1) is 0 Å². The molecule has 78 valence electrons. The van der Waals surface area contributed by atoms with Gasteiger partial charge >= 0.3 is 11.9 Å². The van der Waals surface area contributed by atoms with Crippen LogP contribution in [0.2, 0.25) is 0 Å². The maximum atomic E-state index is 11.1. The van der Waals surface area contributed by atoms with Crippen molar-refractivity contribution in [1.29, 1.82) is 0 Å². The molecule has 15 heavy (non-hydrogen) atoms. The number of benzene rings is 1. The molecular weight excluding hydrogens is 196 g/mol. The molecule has 1 rings (SSSR count). The minimum atomic E-state index is -1.13. The van der Waals surface area contributed by atoms with Crippen molar-refractivity contribution < 1.29 is 19.4 Å². The summed E-state index contributed by atoms with van der Waals surface area (Å²) in [5, 5.41) is 8.80. The normalized spacial score (nSPS) is 9.33. The number of carbonyl (C=O) groups excluding carboxylic acids is 1. The van der Waals surface area contributed by atoms with Crippen molar-refractivity contribution >= 4 is 11.9 Å². The number of carbonyl (C=O) groups is 2. The molecule has 0 unspecified atom stereocenters. The average Bonchev–Trinajstić information content (AvgIpc) is 2.18. The third-order valence-corrected chi connectivity index (χ3v) is 1.65. The van der Waals surface area contributed by atoms with E-state index in [2.05, 4.69) is 6.58 Å². The molecule has 4 nitrogen and oxygen atoms in total. The molecule has 0 fully saturated rings. The van der Waals surface area contributed by atoms with Crippen LogP contribution in [-0.4, -0.2) is 17.0 Å². The van der Waals surface area contributed by atoms with Gasteiger partial charge in [-0.2, -0.15) is 0 Å². The van der Waals surface area contributed by atoms with E-state index in [4.69, 9.17) is 9.84 Å². The highest BCUT2D eigenvalue weighted by Gasteiger charge is 2.12. The van der Waals surface area contributed by atoms with Crippen molar-refractivity contribution in [3.8, 4) is 5.75 Å². The van der Waals surface area contributed by atoms with E-state index in [0.717, 1.165) is 0 Å². The van der Waals surface area contributed by atoms with Gasteiger partial charge in [-0.1, -0.05) is 18.2 Å². The summed E-state index contributed by atoms with van der Waals surface area (Å²) in [6, 6.07) is 5.97. The highest BCUT2D eigenvalue weighted by atomic mass is 16.5. The van der Waals surface area contributed by atoms with Gasteiger partial charge < -0.3 is 9.84 Å². The lowest BCUT2D eigenvalue weighted by atomic mass is 10.2. The van der Waals surface area contributed by atoms with Crippen molar-refractivity contribution in [2.45, 2.75) is 6.42 Å². The van der Waals surface area contributed by atoms with Gasteiger partial charge in [-0.05, 0) is 12.1 Å². The lowest BCUT2D eigenvalue weighted by Crippen LogP contribution is -2.09. The van der Waals surface area contributed by atoms with Crippen LogP contribution in [0.25, 0.3) is 0 Å². The van der Waals surface area contributed by atoms with Gasteiger partial charge in [-0.3, -0.25) is 4.79 Å². The van der Waals surface area contributed by atoms with Crippen LogP contribution in [-0.2, 0) is 4.79 Å². The van der Waals surface area contributed by atoms with Crippen LogP contribution in [0.3, 0.4) is 0 Å². The van der Waals surface area contributed by atoms with Gasteiger partial charge in [0.05, 0.1) is 6.42 Å². The highest BCUT2D eigenvalue weighted by molar-refractivity contribution is 5.92. The Kier molecular flexibility index (Phi) is 3.62. The quantitative estimate of drug-likeness (QED) is 0.464. The summed E-state index contributed by atoms with van der Waals surface area (Å²) in [4.78, 5) is 21.9. The van der Waals surface area contributed by atoms with E-state index in [9.17, 15) is 9.59 Å². The zero-order valence-corrected chi connectivity index (χ0v) is 7.97. The number of esters is 1. The summed E-state index contributed by atoms with van der Waals surface area (Å²) in [5.74, 6) is -1.60. The largest absolute Gasteiger partial charge is 0.478 e. The van der Waals surface area contributed by atoms with Crippen molar-refractivity contribution in [2.24, 2.45) is 0 Å². The number of ether oxygens (including phenoxy) is 1. The minimum absolute atomic E-state index is 0.0325. The van der Waals surface area contributed by atoms with E-state index < -0.39 is 11.9 Å². The van der Waals surface area contributed by atoms with Crippen molar-refractivity contribution in [3.05, 3.63) is 42.5 Å². The molecule has 1 aromatic rings. The van der Waals surface area contributed by atoms with Crippen LogP contribution in [0.15, 0.2) is 36.9 Å². The van der Waals surface area contributed by atoms with Crippen LogP contribution >= 0.6 is 0 Å². The molecular formula is C11H10O4. The molecule has 1 aromatic carbocycles. The van der Waals surface area contributed by atoms with E-state index in [1.807, 2.05) is 0 Å². The molecule has 0 saturated heterocycles. The summed E-state index contributed by atoms with van der Waals surface area (Å²) in [6.07, 6.45) is 1.44. The number of hydrogen-bond acceptors (Lipinski definition) is 3. The predicted octanol–water partition coefficient (Wildman–Crippen LogP) is 1.87. The lowest BCUT2D eigenvalue weighted by Gasteiger charge is -2.05. The molecule has 0 aliphatic heterocycles. The molecule has 0 atom stereocenters. The van der Waals surface area contributed by atoms with Gasteiger partial charge in [0, 0.05) is 0 Å². The van der Waals surface area contributed by atoms with Crippen LogP contribution in [0.1, 0.15) is 16.8 Å². The number of rotatable bonds is 4. The minimum Gasteiger partial charge on any atom is -0.478 e. The number of aromatic carboxylic acids is 1. The maximum Gasteiger partial charge on any atom is 0.339 e. The molecule has 0 heterocycles. The van der Waals surface area contributed by atoms with Crippen molar-refractivity contribution in [1.82, 2.24) is 0 Å². The Labute approximate surface area is 86.8 Å². The summed E-state index contributed by atoms with van der Waals surface area (Å²) in [6.45, 7) is 3.38. The first-order valence-corrected chi connectivity index (χ1v) is 4.29. The van der Waals surface area contributed by atoms with Gasteiger partial charge in [0.2, 0.25) is 0 Å². The first kappa shape index (κ1) is 11.0. The Morgan fingerprint density at radius 3 is 2.67 bits per heavy atom. The molecule has 0 amide bonds. The van der Waals surface area contributed by atoms with E-state index in [0.29, 0.717) is 0 Å². The predicted molar refractivity (Wildman–Crippen MR) is 53.9 cm³/mol. The lowest BCUT2D eigenvalue weighted by molar-refractivity contribution is -0.133. The van der Waals surface area contributed by atoms with E-state index in [1.165, 1.54) is 18.2 Å². The summed E-state index contributed by atoms with van der Waals surface area (Å²) >= 11 is 0. The molecule has 0 bridgehead atoms. The van der Waals surface area contributed by atoms with Gasteiger partial charge in [-0.25, -0.2) is 4.79 Å². The van der Waals surface area contributed by atoms with Crippen molar-refractivity contribution in [3.63, 3.8) is 0 Å². The zero-order valence-electron chi connectivity index (χ0n) is 7.97. The maximum absolute atomic E-state index is 11.1. The Morgan fingerprint density at radius 2 is 2.07 bits per heavy atom. The zero-order chi connectivity index (χ0) is 11.3. The fourth-order valence-corrected chi connectivity index (χ4v) is 1.01. The van der Waals surface area contributed by atoms with Gasteiger partial charge in [-0.15, -0.1) is 6.58 Å². The topological polar surface area (TPSA) is 63.6 Å². The number of hydrogen-bond donors (Lipinski definition) is 1. The Balaban J connectivity index is 2.89. The fourth-order valence-electron chi connectivity index (χ4n) is 1.01. The number of carboxylic acid groups (broad SMARTS) is 1. The second-order valence-corrected chi connectivity index (χ2v) is 2.77. The highest BCUT2D eigenvalue weighted by Crippen LogP contribution is 2.18. The monoisotopic (exact) mass is 206 g/mol. The molecule has 1 N–H and O–H groups in total. The first-order valence-electron chi connectivity index (χ1n) is 4.29. The van der Waals surface area contributed by atoms with Crippen LogP contribution < -0.4 is 4.74 Å². The Morgan fingerprint density at radius 1 is 1.40 bits per heavy atom.